The van der Waals surface area contributed by atoms with Crippen molar-refractivity contribution in [1.29, 1.82) is 0 Å². The van der Waals surface area contributed by atoms with Crippen molar-refractivity contribution >= 4 is 17.7 Å². The Morgan fingerprint density at radius 2 is 2.32 bits per heavy atom. The fraction of sp³-hybridized carbons (Fsp3) is 0.214. The third-order valence-corrected chi connectivity index (χ3v) is 3.84. The number of hydrogen-bond donors (Lipinski definition) is 0. The summed E-state index contributed by atoms with van der Waals surface area (Å²) in [6, 6.07) is 5.78. The van der Waals surface area contributed by atoms with Gasteiger partial charge in [0.15, 0.2) is 5.82 Å². The van der Waals surface area contributed by atoms with Crippen molar-refractivity contribution in [2.24, 2.45) is 0 Å². The molecular formula is C14H11FN4O2S. The molecule has 0 atom stereocenters. The molecule has 1 aliphatic heterocycles. The summed E-state index contributed by atoms with van der Waals surface area (Å²) in [5.74, 6) is 2.99. The Balaban J connectivity index is 1.82. The van der Waals surface area contributed by atoms with Gasteiger partial charge in [0.25, 0.3) is 5.91 Å². The van der Waals surface area contributed by atoms with Crippen LogP contribution in [0.1, 0.15) is 5.82 Å². The van der Waals surface area contributed by atoms with Gasteiger partial charge in [-0.1, -0.05) is 23.7 Å². The largest absolute Gasteiger partial charge is 0.485 e. The maximum Gasteiger partial charge on any atom is 0.252 e. The summed E-state index contributed by atoms with van der Waals surface area (Å²) >= 11 is 1.29. The van der Waals surface area contributed by atoms with Crippen molar-refractivity contribution in [3.05, 3.63) is 35.9 Å². The van der Waals surface area contributed by atoms with Gasteiger partial charge >= 0.3 is 0 Å². The molecule has 2 heterocycles. The van der Waals surface area contributed by atoms with Crippen LogP contribution in [-0.4, -0.2) is 33.1 Å². The van der Waals surface area contributed by atoms with E-state index in [1.165, 1.54) is 28.9 Å². The maximum absolute atomic E-state index is 13.1. The van der Waals surface area contributed by atoms with Gasteiger partial charge in [-0.25, -0.2) is 14.1 Å². The SMILES string of the molecule is C#CCN1C(=O)CSc2nnc(COc3cccc(F)c3)n21. The molecule has 0 unspecified atom stereocenters. The van der Waals surface area contributed by atoms with Crippen LogP contribution in [0.25, 0.3) is 0 Å². The van der Waals surface area contributed by atoms with Gasteiger partial charge in [-0.05, 0) is 12.1 Å². The second-order valence-electron chi connectivity index (χ2n) is 4.40. The number of aromatic nitrogens is 3. The molecule has 0 fully saturated rings. The van der Waals surface area contributed by atoms with E-state index in [2.05, 4.69) is 16.1 Å². The van der Waals surface area contributed by atoms with E-state index < -0.39 is 0 Å². The van der Waals surface area contributed by atoms with Crippen molar-refractivity contribution in [2.45, 2.75) is 11.8 Å². The number of rotatable bonds is 4. The summed E-state index contributed by atoms with van der Waals surface area (Å²) in [6.45, 7) is 0.169. The maximum atomic E-state index is 13.1. The third-order valence-electron chi connectivity index (χ3n) is 2.94. The Kier molecular flexibility index (Phi) is 3.98. The zero-order chi connectivity index (χ0) is 15.5. The van der Waals surface area contributed by atoms with Crippen LogP contribution in [0, 0.1) is 18.2 Å². The van der Waals surface area contributed by atoms with Gasteiger partial charge in [-0.3, -0.25) is 4.79 Å². The number of ether oxygens (including phenoxy) is 1. The zero-order valence-corrected chi connectivity index (χ0v) is 12.2. The molecule has 112 valence electrons. The number of halogens is 1. The van der Waals surface area contributed by atoms with Crippen molar-refractivity contribution in [3.63, 3.8) is 0 Å². The van der Waals surface area contributed by atoms with Gasteiger partial charge in [0.2, 0.25) is 5.16 Å². The lowest BCUT2D eigenvalue weighted by Crippen LogP contribution is -2.46. The first kappa shape index (κ1) is 14.4. The van der Waals surface area contributed by atoms with Crippen LogP contribution >= 0.6 is 11.8 Å². The number of fused-ring (bicyclic) bond motifs is 1. The smallest absolute Gasteiger partial charge is 0.252 e. The van der Waals surface area contributed by atoms with Crippen molar-refractivity contribution in [1.82, 2.24) is 14.9 Å². The molecule has 3 rings (SSSR count). The van der Waals surface area contributed by atoms with Gasteiger partial charge in [0.05, 0.1) is 5.75 Å². The monoisotopic (exact) mass is 318 g/mol. The summed E-state index contributed by atoms with van der Waals surface area (Å²) in [7, 11) is 0. The number of benzene rings is 1. The molecule has 6 nitrogen and oxygen atoms in total. The van der Waals surface area contributed by atoms with Crippen molar-refractivity contribution in [3.8, 4) is 18.1 Å². The lowest BCUT2D eigenvalue weighted by Gasteiger charge is -2.27. The van der Waals surface area contributed by atoms with Crippen LogP contribution < -0.4 is 9.75 Å². The van der Waals surface area contributed by atoms with Crippen LogP contribution in [0.3, 0.4) is 0 Å². The Bertz CT molecular complexity index is 756. The molecule has 0 bridgehead atoms. The van der Waals surface area contributed by atoms with E-state index in [9.17, 15) is 9.18 Å². The molecule has 1 aliphatic rings. The highest BCUT2D eigenvalue weighted by Gasteiger charge is 2.28. The van der Waals surface area contributed by atoms with Crippen LogP contribution in [0.2, 0.25) is 0 Å². The van der Waals surface area contributed by atoms with Crippen molar-refractivity contribution < 1.29 is 13.9 Å². The highest BCUT2D eigenvalue weighted by molar-refractivity contribution is 7.99. The topological polar surface area (TPSA) is 60.3 Å². The van der Waals surface area contributed by atoms with Crippen LogP contribution in [0.15, 0.2) is 29.4 Å². The Morgan fingerprint density at radius 1 is 1.45 bits per heavy atom. The predicted molar refractivity (Wildman–Crippen MR) is 78.4 cm³/mol. The quantitative estimate of drug-likeness (QED) is 0.793. The molecule has 22 heavy (non-hydrogen) atoms. The van der Waals surface area contributed by atoms with E-state index in [0.717, 1.165) is 0 Å². The molecule has 0 N–H and O–H groups in total. The Morgan fingerprint density at radius 3 is 3.09 bits per heavy atom. The van der Waals surface area contributed by atoms with Gasteiger partial charge in [-0.15, -0.1) is 16.6 Å². The summed E-state index contributed by atoms with van der Waals surface area (Å²) in [5.41, 5.74) is 0. The lowest BCUT2D eigenvalue weighted by atomic mass is 10.3. The second kappa shape index (κ2) is 6.07. The van der Waals surface area contributed by atoms with Gasteiger partial charge in [-0.2, -0.15) is 0 Å². The molecule has 2 aromatic rings. The van der Waals surface area contributed by atoms with E-state index in [0.29, 0.717) is 16.7 Å². The zero-order valence-electron chi connectivity index (χ0n) is 11.4. The Labute approximate surface area is 130 Å². The second-order valence-corrected chi connectivity index (χ2v) is 5.34. The summed E-state index contributed by atoms with van der Waals surface area (Å²) in [6.07, 6.45) is 5.30. The fourth-order valence-corrected chi connectivity index (χ4v) is 2.81. The minimum Gasteiger partial charge on any atom is -0.485 e. The first-order valence-corrected chi connectivity index (χ1v) is 7.37. The number of nitrogens with zero attached hydrogens (tertiary/aromatic N) is 4. The number of carbonyl (C=O) groups is 1. The lowest BCUT2D eigenvalue weighted by molar-refractivity contribution is -0.117. The number of hydrogen-bond acceptors (Lipinski definition) is 5. The minimum absolute atomic E-state index is 0.0470. The number of amides is 1. The molecule has 8 heteroatoms. The van der Waals surface area contributed by atoms with E-state index >= 15 is 0 Å². The van der Waals surface area contributed by atoms with E-state index in [-0.39, 0.29) is 30.6 Å². The van der Waals surface area contributed by atoms with Crippen LogP contribution in [-0.2, 0) is 11.4 Å². The standard InChI is InChI=1S/C14H11FN4O2S/c1-2-6-18-13(20)9-22-14-17-16-12(19(14)18)8-21-11-5-3-4-10(15)7-11/h1,3-5,7H,6,8-9H2. The van der Waals surface area contributed by atoms with E-state index in [4.69, 9.17) is 11.2 Å². The highest BCUT2D eigenvalue weighted by Crippen LogP contribution is 2.23. The molecule has 0 radical (unpaired) electrons. The molecule has 0 aliphatic carbocycles. The number of thioether (sulfide) groups is 1. The molecule has 1 aromatic heterocycles. The van der Waals surface area contributed by atoms with E-state index in [1.807, 2.05) is 0 Å². The first-order valence-electron chi connectivity index (χ1n) is 6.38. The molecular weight excluding hydrogens is 307 g/mol. The normalized spacial score (nSPS) is 13.6. The molecule has 0 saturated carbocycles. The minimum atomic E-state index is -0.388. The van der Waals surface area contributed by atoms with E-state index in [1.54, 1.807) is 16.8 Å². The molecule has 1 amide bonds. The third kappa shape index (κ3) is 2.76. The van der Waals surface area contributed by atoms with Crippen molar-refractivity contribution in [2.75, 3.05) is 17.3 Å². The summed E-state index contributed by atoms with van der Waals surface area (Å²) in [4.78, 5) is 12.0. The molecule has 1 aromatic carbocycles. The molecule has 0 saturated heterocycles. The number of carbonyl (C=O) groups excluding carboxylic acids is 1. The average Bonchev–Trinajstić information content (AvgIpc) is 2.92. The van der Waals surface area contributed by atoms with Crippen LogP contribution in [0.5, 0.6) is 5.75 Å². The first-order chi connectivity index (χ1) is 10.7. The highest BCUT2D eigenvalue weighted by atomic mass is 32.2. The van der Waals surface area contributed by atoms with Gasteiger partial charge in [0, 0.05) is 6.07 Å². The average molecular weight is 318 g/mol. The summed E-state index contributed by atoms with van der Waals surface area (Å²) < 4.78 is 20.2. The number of terminal acetylenes is 1. The fourth-order valence-electron chi connectivity index (χ4n) is 1.98. The van der Waals surface area contributed by atoms with Gasteiger partial charge < -0.3 is 4.74 Å². The van der Waals surface area contributed by atoms with Crippen LogP contribution in [0.4, 0.5) is 4.39 Å². The Hall–Kier alpha value is -2.53. The van der Waals surface area contributed by atoms with Gasteiger partial charge in [0.1, 0.15) is 24.7 Å². The summed E-state index contributed by atoms with van der Waals surface area (Å²) in [5, 5.41) is 10.0. The predicted octanol–water partition coefficient (Wildman–Crippen LogP) is 1.20. The molecule has 0 spiro atoms.